The Morgan fingerprint density at radius 3 is 2.88 bits per heavy atom. The third-order valence-electron chi connectivity index (χ3n) is 3.02. The minimum absolute atomic E-state index is 0.0569. The van der Waals surface area contributed by atoms with Crippen LogP contribution in [0.2, 0.25) is 0 Å². The summed E-state index contributed by atoms with van der Waals surface area (Å²) in [6.07, 6.45) is 4.85. The number of aliphatic hydroxyl groups is 2. The van der Waals surface area contributed by atoms with Crippen molar-refractivity contribution < 1.29 is 15.0 Å². The topological polar surface area (TPSA) is 95.3 Å². The van der Waals surface area contributed by atoms with Gasteiger partial charge in [-0.1, -0.05) is 0 Å². The zero-order chi connectivity index (χ0) is 12.3. The quantitative estimate of drug-likeness (QED) is 0.648. The van der Waals surface area contributed by atoms with Gasteiger partial charge in [0, 0.05) is 31.0 Å². The molecule has 0 aliphatic heterocycles. The van der Waals surface area contributed by atoms with Crippen LogP contribution in [0.15, 0.2) is 18.6 Å². The first-order valence-electron chi connectivity index (χ1n) is 5.56. The molecule has 6 heteroatoms. The van der Waals surface area contributed by atoms with E-state index in [2.05, 4.69) is 15.3 Å². The zero-order valence-electron chi connectivity index (χ0n) is 9.28. The summed E-state index contributed by atoms with van der Waals surface area (Å²) in [6.45, 7) is -0.0569. The number of hydrogen-bond donors (Lipinski definition) is 3. The fourth-order valence-corrected chi connectivity index (χ4v) is 2.09. The van der Waals surface area contributed by atoms with E-state index in [0.717, 1.165) is 0 Å². The lowest BCUT2D eigenvalue weighted by Crippen LogP contribution is -2.34. The molecule has 1 aliphatic rings. The van der Waals surface area contributed by atoms with Crippen LogP contribution in [0.3, 0.4) is 0 Å². The highest BCUT2D eigenvalue weighted by molar-refractivity contribution is 5.92. The number of hydrogen-bond acceptors (Lipinski definition) is 5. The van der Waals surface area contributed by atoms with E-state index in [1.807, 2.05) is 0 Å². The lowest BCUT2D eigenvalue weighted by atomic mass is 10.1. The lowest BCUT2D eigenvalue weighted by molar-refractivity contribution is 0.0902. The molecule has 1 heterocycles. The van der Waals surface area contributed by atoms with Crippen LogP contribution in [0, 0.1) is 5.92 Å². The molecule has 1 aromatic rings. The third kappa shape index (κ3) is 2.78. The first-order chi connectivity index (χ1) is 8.20. The fourth-order valence-electron chi connectivity index (χ4n) is 2.09. The summed E-state index contributed by atoms with van der Waals surface area (Å²) in [4.78, 5) is 19.5. The van der Waals surface area contributed by atoms with Crippen LogP contribution < -0.4 is 5.32 Å². The summed E-state index contributed by atoms with van der Waals surface area (Å²) in [5, 5.41) is 21.4. The van der Waals surface area contributed by atoms with E-state index in [1.165, 1.54) is 18.6 Å². The van der Waals surface area contributed by atoms with Gasteiger partial charge in [0.05, 0.1) is 12.3 Å². The molecule has 0 radical (unpaired) electrons. The van der Waals surface area contributed by atoms with E-state index in [1.54, 1.807) is 0 Å². The monoisotopic (exact) mass is 237 g/mol. The predicted octanol–water partition coefficient (Wildman–Crippen LogP) is -0.662. The first kappa shape index (κ1) is 11.9. The molecule has 1 aliphatic carbocycles. The molecule has 0 spiro atoms. The van der Waals surface area contributed by atoms with Gasteiger partial charge in [-0.05, 0) is 12.8 Å². The maximum Gasteiger partial charge on any atom is 0.271 e. The van der Waals surface area contributed by atoms with Crippen LogP contribution in [-0.4, -0.2) is 44.8 Å². The highest BCUT2D eigenvalue weighted by Crippen LogP contribution is 2.25. The summed E-state index contributed by atoms with van der Waals surface area (Å²) < 4.78 is 0. The summed E-state index contributed by atoms with van der Waals surface area (Å²) in [5.41, 5.74) is 0.259. The van der Waals surface area contributed by atoms with Crippen LogP contribution in [0.4, 0.5) is 0 Å². The standard InChI is InChI=1S/C11H15N3O3/c15-6-7-3-8(4-10(7)16)14-11(17)9-5-12-1-2-13-9/h1-2,5,7-8,10,15-16H,3-4,6H2,(H,14,17). The van der Waals surface area contributed by atoms with Gasteiger partial charge in [-0.25, -0.2) is 4.98 Å². The first-order valence-corrected chi connectivity index (χ1v) is 5.56. The second kappa shape index (κ2) is 5.20. The third-order valence-corrected chi connectivity index (χ3v) is 3.02. The Balaban J connectivity index is 1.93. The Bertz CT molecular complexity index is 385. The molecular weight excluding hydrogens is 222 g/mol. The highest BCUT2D eigenvalue weighted by Gasteiger charge is 2.33. The van der Waals surface area contributed by atoms with E-state index in [4.69, 9.17) is 5.11 Å². The number of carbonyl (C=O) groups is 1. The minimum Gasteiger partial charge on any atom is -0.396 e. The van der Waals surface area contributed by atoms with E-state index in [0.29, 0.717) is 12.8 Å². The van der Waals surface area contributed by atoms with E-state index in [-0.39, 0.29) is 30.2 Å². The Morgan fingerprint density at radius 2 is 2.29 bits per heavy atom. The fraction of sp³-hybridized carbons (Fsp3) is 0.545. The van der Waals surface area contributed by atoms with Crippen LogP contribution >= 0.6 is 0 Å². The van der Waals surface area contributed by atoms with Crippen molar-refractivity contribution in [3.05, 3.63) is 24.3 Å². The van der Waals surface area contributed by atoms with Gasteiger partial charge in [-0.15, -0.1) is 0 Å². The molecule has 1 aromatic heterocycles. The SMILES string of the molecule is O=C(NC1CC(O)C(CO)C1)c1cnccn1. The zero-order valence-corrected chi connectivity index (χ0v) is 9.28. The molecule has 2 rings (SSSR count). The smallest absolute Gasteiger partial charge is 0.271 e. The number of nitrogens with zero attached hydrogens (tertiary/aromatic N) is 2. The second-order valence-electron chi connectivity index (χ2n) is 4.24. The van der Waals surface area contributed by atoms with Crippen LogP contribution in [0.25, 0.3) is 0 Å². The van der Waals surface area contributed by atoms with E-state index < -0.39 is 6.10 Å². The lowest BCUT2D eigenvalue weighted by Gasteiger charge is -2.11. The number of carbonyl (C=O) groups excluding carboxylic acids is 1. The Morgan fingerprint density at radius 1 is 1.47 bits per heavy atom. The molecule has 0 saturated heterocycles. The molecule has 3 atom stereocenters. The van der Waals surface area contributed by atoms with Crippen molar-refractivity contribution in [3.63, 3.8) is 0 Å². The van der Waals surface area contributed by atoms with Crippen molar-refractivity contribution in [2.24, 2.45) is 5.92 Å². The van der Waals surface area contributed by atoms with Crippen molar-refractivity contribution >= 4 is 5.91 Å². The molecule has 0 bridgehead atoms. The van der Waals surface area contributed by atoms with Crippen molar-refractivity contribution in [2.45, 2.75) is 25.0 Å². The van der Waals surface area contributed by atoms with Gasteiger partial charge in [0.25, 0.3) is 5.91 Å². The Hall–Kier alpha value is -1.53. The normalized spacial score (nSPS) is 28.0. The summed E-state index contributed by atoms with van der Waals surface area (Å²) in [5.74, 6) is -0.448. The number of nitrogens with one attached hydrogen (secondary N) is 1. The Labute approximate surface area is 98.7 Å². The molecule has 3 N–H and O–H groups in total. The molecule has 6 nitrogen and oxygen atoms in total. The van der Waals surface area contributed by atoms with Gasteiger partial charge in [0.15, 0.2) is 0 Å². The maximum atomic E-state index is 11.7. The minimum atomic E-state index is -0.549. The average Bonchev–Trinajstić information content (AvgIpc) is 2.70. The molecule has 0 aromatic carbocycles. The van der Waals surface area contributed by atoms with E-state index >= 15 is 0 Å². The van der Waals surface area contributed by atoms with Gasteiger partial charge >= 0.3 is 0 Å². The number of amides is 1. The highest BCUT2D eigenvalue weighted by atomic mass is 16.3. The van der Waals surface area contributed by atoms with Crippen LogP contribution in [-0.2, 0) is 0 Å². The Kier molecular flexibility index (Phi) is 3.65. The van der Waals surface area contributed by atoms with Gasteiger partial charge in [0.2, 0.25) is 0 Å². The van der Waals surface area contributed by atoms with E-state index in [9.17, 15) is 9.90 Å². The largest absolute Gasteiger partial charge is 0.396 e. The predicted molar refractivity (Wildman–Crippen MR) is 59.1 cm³/mol. The summed E-state index contributed by atoms with van der Waals surface area (Å²) in [7, 11) is 0. The van der Waals surface area contributed by atoms with Gasteiger partial charge < -0.3 is 15.5 Å². The molecule has 1 amide bonds. The van der Waals surface area contributed by atoms with Gasteiger partial charge in [-0.3, -0.25) is 9.78 Å². The number of aromatic nitrogens is 2. The summed E-state index contributed by atoms with van der Waals surface area (Å²) in [6, 6.07) is -0.114. The molecule has 1 fully saturated rings. The average molecular weight is 237 g/mol. The van der Waals surface area contributed by atoms with Crippen molar-refractivity contribution in [1.82, 2.24) is 15.3 Å². The van der Waals surface area contributed by atoms with Crippen LogP contribution in [0.5, 0.6) is 0 Å². The molecule has 17 heavy (non-hydrogen) atoms. The molecule has 92 valence electrons. The molecule has 1 saturated carbocycles. The van der Waals surface area contributed by atoms with Crippen molar-refractivity contribution in [3.8, 4) is 0 Å². The summed E-state index contributed by atoms with van der Waals surface area (Å²) >= 11 is 0. The molecular formula is C11H15N3O3. The number of rotatable bonds is 3. The van der Waals surface area contributed by atoms with Gasteiger partial charge in [0.1, 0.15) is 5.69 Å². The molecule has 3 unspecified atom stereocenters. The van der Waals surface area contributed by atoms with Crippen LogP contribution in [0.1, 0.15) is 23.3 Å². The second-order valence-corrected chi connectivity index (χ2v) is 4.24. The number of aliphatic hydroxyl groups excluding tert-OH is 2. The van der Waals surface area contributed by atoms with Crippen molar-refractivity contribution in [2.75, 3.05) is 6.61 Å². The van der Waals surface area contributed by atoms with Crippen molar-refractivity contribution in [1.29, 1.82) is 0 Å². The van der Waals surface area contributed by atoms with Gasteiger partial charge in [-0.2, -0.15) is 0 Å². The maximum absolute atomic E-state index is 11.7.